The molecule has 1 unspecified atom stereocenters. The first-order valence-corrected chi connectivity index (χ1v) is 6.42. The molecule has 0 aliphatic heterocycles. The molecule has 2 aromatic rings. The Morgan fingerprint density at radius 2 is 2.10 bits per heavy atom. The predicted octanol–water partition coefficient (Wildman–Crippen LogP) is 1.59. The molecule has 7 heteroatoms. The van der Waals surface area contributed by atoms with Crippen molar-refractivity contribution < 1.29 is 9.59 Å². The summed E-state index contributed by atoms with van der Waals surface area (Å²) in [4.78, 5) is 23.6. The van der Waals surface area contributed by atoms with Crippen molar-refractivity contribution in [1.29, 1.82) is 5.26 Å². The van der Waals surface area contributed by atoms with Gasteiger partial charge in [0.1, 0.15) is 5.69 Å². The second-order valence-corrected chi connectivity index (χ2v) is 4.54. The third-order valence-electron chi connectivity index (χ3n) is 2.84. The van der Waals surface area contributed by atoms with Gasteiger partial charge in [-0.2, -0.15) is 10.4 Å². The number of rotatable bonds is 4. The minimum absolute atomic E-state index is 0.0325. The minimum Gasteiger partial charge on any atom is -0.358 e. The Labute approximate surface area is 125 Å². The van der Waals surface area contributed by atoms with E-state index in [1.807, 2.05) is 0 Å². The zero-order valence-corrected chi connectivity index (χ0v) is 11.8. The Morgan fingerprint density at radius 1 is 1.38 bits per heavy atom. The Bertz CT molecular complexity index is 733. The first-order chi connectivity index (χ1) is 10.1. The highest BCUT2D eigenvalue weighted by atomic mass is 35.5. The number of nitrogens with one attached hydrogen (secondary N) is 1. The van der Waals surface area contributed by atoms with Gasteiger partial charge < -0.3 is 5.32 Å². The molecule has 0 fully saturated rings. The van der Waals surface area contributed by atoms with Crippen molar-refractivity contribution in [3.05, 3.63) is 47.2 Å². The number of carbonyl (C=O) groups excluding carboxylic acids is 2. The van der Waals surface area contributed by atoms with Crippen LogP contribution in [0.25, 0.3) is 5.69 Å². The number of carbonyl (C=O) groups is 2. The lowest BCUT2D eigenvalue weighted by molar-refractivity contribution is -0.121. The molecule has 1 amide bonds. The van der Waals surface area contributed by atoms with Crippen LogP contribution in [0.4, 0.5) is 0 Å². The summed E-state index contributed by atoms with van der Waals surface area (Å²) >= 11 is 6.05. The van der Waals surface area contributed by atoms with Gasteiger partial charge in [-0.15, -0.1) is 0 Å². The van der Waals surface area contributed by atoms with Gasteiger partial charge in [0, 0.05) is 13.2 Å². The lowest BCUT2D eigenvalue weighted by atomic mass is 10.0. The summed E-state index contributed by atoms with van der Waals surface area (Å²) < 4.78 is 1.42. The summed E-state index contributed by atoms with van der Waals surface area (Å²) in [5, 5.41) is 15.8. The lowest BCUT2D eigenvalue weighted by Crippen LogP contribution is -2.32. The third kappa shape index (κ3) is 2.93. The van der Waals surface area contributed by atoms with Crippen LogP contribution in [0.15, 0.2) is 36.5 Å². The summed E-state index contributed by atoms with van der Waals surface area (Å²) in [5.74, 6) is -2.72. The van der Waals surface area contributed by atoms with Crippen molar-refractivity contribution in [1.82, 2.24) is 15.1 Å². The van der Waals surface area contributed by atoms with Crippen molar-refractivity contribution in [2.45, 2.75) is 0 Å². The molecule has 21 heavy (non-hydrogen) atoms. The smallest absolute Gasteiger partial charge is 0.245 e. The van der Waals surface area contributed by atoms with Crippen LogP contribution >= 0.6 is 11.6 Å². The van der Waals surface area contributed by atoms with E-state index in [2.05, 4.69) is 10.4 Å². The van der Waals surface area contributed by atoms with E-state index in [0.717, 1.165) is 0 Å². The van der Waals surface area contributed by atoms with Crippen LogP contribution in [0.3, 0.4) is 0 Å². The van der Waals surface area contributed by atoms with Crippen LogP contribution in [0.5, 0.6) is 0 Å². The van der Waals surface area contributed by atoms with Crippen molar-refractivity contribution in [2.75, 3.05) is 7.05 Å². The van der Waals surface area contributed by atoms with E-state index < -0.39 is 17.6 Å². The fourth-order valence-corrected chi connectivity index (χ4v) is 1.98. The summed E-state index contributed by atoms with van der Waals surface area (Å²) in [7, 11) is 1.36. The number of ketones is 1. The lowest BCUT2D eigenvalue weighted by Gasteiger charge is -2.05. The summed E-state index contributed by atoms with van der Waals surface area (Å²) in [6.07, 6.45) is 1.55. The molecule has 106 valence electrons. The summed E-state index contributed by atoms with van der Waals surface area (Å²) in [5.41, 5.74) is 0.636. The van der Waals surface area contributed by atoms with Gasteiger partial charge in [0.15, 0.2) is 5.92 Å². The number of nitriles is 1. The van der Waals surface area contributed by atoms with E-state index in [9.17, 15) is 9.59 Å². The molecule has 0 aliphatic rings. The molecule has 0 saturated carbocycles. The van der Waals surface area contributed by atoms with Gasteiger partial charge in [0.05, 0.1) is 16.8 Å². The number of hydrogen-bond acceptors (Lipinski definition) is 4. The Kier molecular flexibility index (Phi) is 4.36. The number of Topliss-reactive ketones (excluding diaryl/α,β-unsaturated/α-hetero) is 1. The third-order valence-corrected chi connectivity index (χ3v) is 3.16. The number of halogens is 1. The highest BCUT2D eigenvalue weighted by molar-refractivity contribution is 6.32. The van der Waals surface area contributed by atoms with E-state index in [0.29, 0.717) is 10.7 Å². The van der Waals surface area contributed by atoms with Crippen molar-refractivity contribution in [2.24, 2.45) is 5.92 Å². The normalized spacial score (nSPS) is 11.5. The van der Waals surface area contributed by atoms with Crippen LogP contribution in [0.1, 0.15) is 10.5 Å². The Morgan fingerprint density at radius 3 is 2.71 bits per heavy atom. The molecule has 0 radical (unpaired) electrons. The van der Waals surface area contributed by atoms with Gasteiger partial charge in [-0.25, -0.2) is 4.68 Å². The summed E-state index contributed by atoms with van der Waals surface area (Å²) in [6, 6.07) is 10.1. The second kappa shape index (κ2) is 6.20. The van der Waals surface area contributed by atoms with Crippen molar-refractivity contribution >= 4 is 23.3 Å². The molecule has 0 bridgehead atoms. The molecular weight excluding hydrogens is 292 g/mol. The predicted molar refractivity (Wildman–Crippen MR) is 76.1 cm³/mol. The van der Waals surface area contributed by atoms with Crippen molar-refractivity contribution in [3.63, 3.8) is 0 Å². The fraction of sp³-hybridized carbons (Fsp3) is 0.143. The van der Waals surface area contributed by atoms with E-state index >= 15 is 0 Å². The van der Waals surface area contributed by atoms with Crippen LogP contribution in [0.2, 0.25) is 5.02 Å². The molecule has 0 saturated heterocycles. The van der Waals surface area contributed by atoms with Crippen molar-refractivity contribution in [3.8, 4) is 11.8 Å². The maximum Gasteiger partial charge on any atom is 0.245 e. The van der Waals surface area contributed by atoms with Crippen LogP contribution in [-0.2, 0) is 4.79 Å². The van der Waals surface area contributed by atoms with E-state index in [1.165, 1.54) is 17.8 Å². The molecule has 0 aliphatic carbocycles. The summed E-state index contributed by atoms with van der Waals surface area (Å²) in [6.45, 7) is 0. The largest absolute Gasteiger partial charge is 0.358 e. The fourth-order valence-electron chi connectivity index (χ4n) is 1.76. The number of nitrogens with zero attached hydrogens (tertiary/aromatic N) is 3. The molecule has 1 atom stereocenters. The van der Waals surface area contributed by atoms with Gasteiger partial charge in [0.2, 0.25) is 11.7 Å². The second-order valence-electron chi connectivity index (χ2n) is 4.14. The Balaban J connectivity index is 2.32. The van der Waals surface area contributed by atoms with Gasteiger partial charge in [-0.05, 0) is 18.2 Å². The first kappa shape index (κ1) is 14.8. The number of para-hydroxylation sites is 1. The zero-order chi connectivity index (χ0) is 15.4. The number of benzene rings is 1. The highest BCUT2D eigenvalue weighted by Gasteiger charge is 2.28. The average Bonchev–Trinajstić information content (AvgIpc) is 2.97. The topological polar surface area (TPSA) is 87.8 Å². The highest BCUT2D eigenvalue weighted by Crippen LogP contribution is 2.19. The Hall–Kier alpha value is -2.65. The average molecular weight is 303 g/mol. The van der Waals surface area contributed by atoms with Gasteiger partial charge in [-0.1, -0.05) is 23.7 Å². The van der Waals surface area contributed by atoms with E-state index in [-0.39, 0.29) is 5.69 Å². The molecular formula is C14H11ClN4O2. The molecule has 1 aromatic carbocycles. The molecule has 2 rings (SSSR count). The zero-order valence-electron chi connectivity index (χ0n) is 11.1. The number of amides is 1. The molecule has 1 N–H and O–H groups in total. The first-order valence-electron chi connectivity index (χ1n) is 6.04. The van der Waals surface area contributed by atoms with Crippen LogP contribution in [-0.4, -0.2) is 28.5 Å². The maximum atomic E-state index is 12.1. The molecule has 6 nitrogen and oxygen atoms in total. The SMILES string of the molecule is CNC(=O)C(C#N)C(=O)c1ccn(-c2ccccc2Cl)n1. The van der Waals surface area contributed by atoms with Gasteiger partial charge in [-0.3, -0.25) is 9.59 Å². The van der Waals surface area contributed by atoms with Gasteiger partial charge >= 0.3 is 0 Å². The molecule has 1 aromatic heterocycles. The quantitative estimate of drug-likeness (QED) is 0.686. The van der Waals surface area contributed by atoms with Crippen LogP contribution < -0.4 is 5.32 Å². The number of hydrogen-bond donors (Lipinski definition) is 1. The van der Waals surface area contributed by atoms with E-state index in [4.69, 9.17) is 16.9 Å². The standard InChI is InChI=1S/C14H11ClN4O2/c1-17-14(21)9(8-16)13(20)11-6-7-19(18-11)12-5-3-2-4-10(12)15/h2-7,9H,1H3,(H,17,21). The monoisotopic (exact) mass is 302 g/mol. The number of aromatic nitrogens is 2. The molecule has 1 heterocycles. The molecule has 0 spiro atoms. The van der Waals surface area contributed by atoms with Crippen LogP contribution in [0, 0.1) is 17.2 Å². The maximum absolute atomic E-state index is 12.1. The van der Waals surface area contributed by atoms with E-state index in [1.54, 1.807) is 36.5 Å². The minimum atomic E-state index is -1.41. The van der Waals surface area contributed by atoms with Gasteiger partial charge in [0.25, 0.3) is 0 Å².